The summed E-state index contributed by atoms with van der Waals surface area (Å²) >= 11 is 0. The van der Waals surface area contributed by atoms with Crippen LogP contribution >= 0.6 is 7.75 Å². The second-order valence-corrected chi connectivity index (χ2v) is 10.5. The van der Waals surface area contributed by atoms with Crippen LogP contribution in [0.1, 0.15) is 26.5 Å². The molecule has 0 aromatic carbocycles. The van der Waals surface area contributed by atoms with Gasteiger partial charge in [0.05, 0.1) is 27.2 Å². The third-order valence-corrected chi connectivity index (χ3v) is 7.11. The van der Waals surface area contributed by atoms with Gasteiger partial charge in [0.25, 0.3) is 0 Å². The largest absolute Gasteiger partial charge is 0.468 e. The number of hydrogen-bond donors (Lipinski definition) is 4. The van der Waals surface area contributed by atoms with Gasteiger partial charge in [-0.05, 0) is 12.3 Å². The average molecular weight is 564 g/mol. The maximum Gasteiger partial charge on any atom is 0.406 e. The zero-order valence-corrected chi connectivity index (χ0v) is 21.9. The summed E-state index contributed by atoms with van der Waals surface area (Å²) in [5.41, 5.74) is 5.60. The minimum Gasteiger partial charge on any atom is -0.468 e. The van der Waals surface area contributed by atoms with Crippen molar-refractivity contribution >= 4 is 36.7 Å². The molecule has 1 fully saturated rings. The van der Waals surface area contributed by atoms with E-state index in [1.54, 1.807) is 0 Å². The molecule has 16 nitrogen and oxygen atoms in total. The monoisotopic (exact) mass is 564 g/mol. The molecule has 1 aliphatic rings. The quantitative estimate of drug-likeness (QED) is 0.147. The molecule has 1 aliphatic heterocycles. The number of imidazole rings is 1. The minimum atomic E-state index is -4.43. The molecule has 0 bridgehead atoms. The number of aliphatic hydroxyl groups excluding tert-OH is 2. The summed E-state index contributed by atoms with van der Waals surface area (Å²) in [5.74, 6) is -1.90. The molecule has 0 spiro atoms. The predicted molar refractivity (Wildman–Crippen MR) is 126 cm³/mol. The van der Waals surface area contributed by atoms with E-state index in [1.165, 1.54) is 0 Å². The number of aromatic nitrogens is 4. The van der Waals surface area contributed by atoms with Gasteiger partial charge in [-0.15, -0.1) is 0 Å². The van der Waals surface area contributed by atoms with Crippen LogP contribution in [0.15, 0.2) is 6.33 Å². The number of nitrogen functional groups attached to an aromatic ring is 1. The molecule has 6 atom stereocenters. The van der Waals surface area contributed by atoms with E-state index in [2.05, 4.69) is 24.8 Å². The first-order valence-corrected chi connectivity index (χ1v) is 12.9. The lowest BCUT2D eigenvalue weighted by Gasteiger charge is -2.26. The second-order valence-electron chi connectivity index (χ2n) is 8.73. The van der Waals surface area contributed by atoms with Crippen molar-refractivity contribution in [3.8, 4) is 0 Å². The molecule has 5 N–H and O–H groups in total. The Morgan fingerprint density at radius 2 is 1.95 bits per heavy atom. The van der Waals surface area contributed by atoms with Gasteiger partial charge in [-0.3, -0.25) is 18.4 Å². The van der Waals surface area contributed by atoms with Gasteiger partial charge in [0.2, 0.25) is 0 Å². The van der Waals surface area contributed by atoms with Crippen LogP contribution in [0.2, 0.25) is 0 Å². The number of anilines is 1. The fraction of sp³-hybridized carbons (Fsp3) is 0.650. The number of nitrogens with two attached hydrogens (primary N) is 1. The summed E-state index contributed by atoms with van der Waals surface area (Å²) in [5, 5.41) is 23.6. The van der Waals surface area contributed by atoms with E-state index < -0.39 is 69.6 Å². The third-order valence-electron chi connectivity index (χ3n) is 5.53. The van der Waals surface area contributed by atoms with Crippen LogP contribution in [0.5, 0.6) is 0 Å². The molecular formula is C20H30FN6O10P. The Labute approximate surface area is 216 Å². The fourth-order valence-electron chi connectivity index (χ4n) is 3.68. The Morgan fingerprint density at radius 1 is 1.24 bits per heavy atom. The number of rotatable bonds is 12. The van der Waals surface area contributed by atoms with Crippen molar-refractivity contribution in [3.05, 3.63) is 12.4 Å². The van der Waals surface area contributed by atoms with Gasteiger partial charge >= 0.3 is 25.8 Å². The number of carbonyl (C=O) groups excluding carboxylic acids is 2. The van der Waals surface area contributed by atoms with E-state index in [1.807, 2.05) is 13.8 Å². The van der Waals surface area contributed by atoms with Gasteiger partial charge in [0, 0.05) is 0 Å². The smallest absolute Gasteiger partial charge is 0.406 e. The fourth-order valence-corrected chi connectivity index (χ4v) is 5.11. The number of aliphatic hydroxyl groups is 2. The van der Waals surface area contributed by atoms with Crippen molar-refractivity contribution in [2.45, 2.75) is 50.8 Å². The molecule has 3 rings (SSSR count). The molecular weight excluding hydrogens is 534 g/mol. The Kier molecular flexibility index (Phi) is 9.69. The number of ether oxygens (including phenoxy) is 3. The third kappa shape index (κ3) is 6.79. The summed E-state index contributed by atoms with van der Waals surface area (Å²) < 4.78 is 53.8. The lowest BCUT2D eigenvalue weighted by molar-refractivity contribution is -0.143. The molecule has 212 valence electrons. The molecule has 0 radical (unpaired) electrons. The summed E-state index contributed by atoms with van der Waals surface area (Å²) in [6, 6.07) is -1.13. The molecule has 2 aromatic heterocycles. The summed E-state index contributed by atoms with van der Waals surface area (Å²) in [6.07, 6.45) is -5.56. The van der Waals surface area contributed by atoms with E-state index in [4.69, 9.17) is 24.3 Å². The number of fused-ring (bicyclic) bond motifs is 1. The number of hydrogen-bond acceptors (Lipinski definition) is 14. The Hall–Kier alpha value is -2.79. The molecule has 1 saturated heterocycles. The number of nitrogens with zero attached hydrogens (tertiary/aromatic N) is 4. The minimum absolute atomic E-state index is 0.0377. The number of methoxy groups -OCH3 is 2. The van der Waals surface area contributed by atoms with Crippen molar-refractivity contribution in [3.63, 3.8) is 0 Å². The molecule has 0 saturated carbocycles. The van der Waals surface area contributed by atoms with Gasteiger partial charge in [-0.1, -0.05) is 13.8 Å². The van der Waals surface area contributed by atoms with E-state index >= 15 is 0 Å². The standard InChI is InChI=1S/C20H30FN6O10P/c1-9(2)5-10(19(31)34-4)26-38(32,36-7-12(28)33-3)35-6-11-14(29)15(30)18(37-11)27-8-23-13-16(22)24-20(21)25-17(13)27/h8-11,14-15,18,29-30H,5-7H2,1-4H3,(H,26,32)(H2,22,24,25)/t10?,11-,14-,15+,18-,38?/m1/s1. The number of esters is 2. The molecule has 3 heterocycles. The summed E-state index contributed by atoms with van der Waals surface area (Å²) in [6.45, 7) is 2.21. The topological polar surface area (TPSA) is 219 Å². The maximum absolute atomic E-state index is 13.7. The highest BCUT2D eigenvalue weighted by atomic mass is 31.2. The molecule has 2 aromatic rings. The molecule has 38 heavy (non-hydrogen) atoms. The highest BCUT2D eigenvalue weighted by molar-refractivity contribution is 7.51. The van der Waals surface area contributed by atoms with Crippen LogP contribution < -0.4 is 10.8 Å². The molecule has 0 aliphatic carbocycles. The zero-order chi connectivity index (χ0) is 28.2. The first-order chi connectivity index (χ1) is 17.9. The van der Waals surface area contributed by atoms with Gasteiger partial charge < -0.3 is 30.2 Å². The van der Waals surface area contributed by atoms with E-state index in [9.17, 15) is 28.8 Å². The number of carbonyl (C=O) groups is 2. The predicted octanol–water partition coefficient (Wildman–Crippen LogP) is -0.342. The number of nitrogens with one attached hydrogen (secondary N) is 1. The highest BCUT2D eigenvalue weighted by Crippen LogP contribution is 2.46. The van der Waals surface area contributed by atoms with Crippen LogP contribution in [-0.4, -0.2) is 93.5 Å². The van der Waals surface area contributed by atoms with Crippen LogP contribution in [0.3, 0.4) is 0 Å². The van der Waals surface area contributed by atoms with Crippen LogP contribution in [0.25, 0.3) is 11.2 Å². The lowest BCUT2D eigenvalue weighted by atomic mass is 10.1. The second kappa shape index (κ2) is 12.4. The maximum atomic E-state index is 13.7. The van der Waals surface area contributed by atoms with Crippen molar-refractivity contribution in [2.75, 3.05) is 33.2 Å². The van der Waals surface area contributed by atoms with Crippen LogP contribution in [0.4, 0.5) is 10.2 Å². The van der Waals surface area contributed by atoms with Crippen molar-refractivity contribution < 1.29 is 52.0 Å². The van der Waals surface area contributed by atoms with Crippen LogP contribution in [-0.2, 0) is 37.4 Å². The molecule has 0 amide bonds. The van der Waals surface area contributed by atoms with Crippen molar-refractivity contribution in [1.29, 1.82) is 0 Å². The van der Waals surface area contributed by atoms with Crippen molar-refractivity contribution in [2.24, 2.45) is 5.92 Å². The van der Waals surface area contributed by atoms with E-state index in [-0.39, 0.29) is 29.3 Å². The first-order valence-electron chi connectivity index (χ1n) is 11.4. The van der Waals surface area contributed by atoms with E-state index in [0.29, 0.717) is 0 Å². The summed E-state index contributed by atoms with van der Waals surface area (Å²) in [7, 11) is -2.19. The van der Waals surface area contributed by atoms with Gasteiger partial charge in [-0.25, -0.2) is 19.4 Å². The lowest BCUT2D eigenvalue weighted by Crippen LogP contribution is -2.39. The number of halogens is 1. The van der Waals surface area contributed by atoms with Gasteiger partial charge in [-0.2, -0.15) is 14.4 Å². The van der Waals surface area contributed by atoms with Gasteiger partial charge in [0.1, 0.15) is 24.4 Å². The SMILES string of the molecule is COC(=O)COP(=O)(NC(CC(C)C)C(=O)OC)OC[C@H]1O[C@@H](n2cnc3c(N)nc(F)nc32)[C@@H](O)[C@@H]1O. The first kappa shape index (κ1) is 29.8. The van der Waals surface area contributed by atoms with E-state index in [0.717, 1.165) is 25.1 Å². The Morgan fingerprint density at radius 3 is 2.58 bits per heavy atom. The highest BCUT2D eigenvalue weighted by Gasteiger charge is 2.46. The average Bonchev–Trinajstić information content (AvgIpc) is 3.41. The van der Waals surface area contributed by atoms with Gasteiger partial charge in [0.15, 0.2) is 29.8 Å². The summed E-state index contributed by atoms with van der Waals surface area (Å²) in [4.78, 5) is 34.8. The molecule has 18 heteroatoms. The Balaban J connectivity index is 1.79. The molecule has 2 unspecified atom stereocenters. The van der Waals surface area contributed by atoms with Crippen LogP contribution in [0, 0.1) is 12.0 Å². The normalized spacial score (nSPS) is 23.9. The van der Waals surface area contributed by atoms with Crippen molar-refractivity contribution in [1.82, 2.24) is 24.6 Å². The zero-order valence-electron chi connectivity index (χ0n) is 21.0. The Bertz CT molecular complexity index is 1200.